The lowest BCUT2D eigenvalue weighted by atomic mass is 9.97. The molecule has 1 aliphatic rings. The molecular weight excluding hydrogens is 407 g/mol. The number of sulfonamides is 1. The highest BCUT2D eigenvalue weighted by Crippen LogP contribution is 2.45. The third kappa shape index (κ3) is 3.78. The minimum Gasteiger partial charge on any atom is -0.489 e. The molecule has 0 saturated heterocycles. The second-order valence-electron chi connectivity index (χ2n) is 5.89. The second kappa shape index (κ2) is 6.77. The van der Waals surface area contributed by atoms with Crippen LogP contribution in [0.15, 0.2) is 30.3 Å². The first-order valence-electron chi connectivity index (χ1n) is 7.64. The number of nitrogens with one attached hydrogen (secondary N) is 1. The molecule has 0 amide bonds. The fraction of sp³-hybridized carbons (Fsp3) is 0.250. The number of rotatable bonds is 3. The molecule has 1 aliphatic heterocycles. The third-order valence-corrected chi connectivity index (χ3v) is 5.51. The highest BCUT2D eigenvalue weighted by Gasteiger charge is 2.36. The first-order valence-corrected chi connectivity index (χ1v) is 9.87. The molecule has 1 heterocycles. The lowest BCUT2D eigenvalue weighted by Gasteiger charge is -2.30. The quantitative estimate of drug-likeness (QED) is 0.585. The van der Waals surface area contributed by atoms with E-state index in [-0.39, 0.29) is 46.4 Å². The van der Waals surface area contributed by atoms with Gasteiger partial charge in [-0.3, -0.25) is 10.1 Å². The first kappa shape index (κ1) is 19.6. The van der Waals surface area contributed by atoms with Crippen LogP contribution in [0.1, 0.15) is 5.56 Å². The van der Waals surface area contributed by atoms with Crippen LogP contribution < -0.4 is 20.3 Å². The van der Waals surface area contributed by atoms with Crippen molar-refractivity contribution in [3.63, 3.8) is 0 Å². The molecule has 27 heavy (non-hydrogen) atoms. The van der Waals surface area contributed by atoms with Crippen LogP contribution in [-0.2, 0) is 16.2 Å². The Labute approximate surface area is 158 Å². The average Bonchev–Trinajstić information content (AvgIpc) is 2.58. The summed E-state index contributed by atoms with van der Waals surface area (Å²) < 4.78 is 71.3. The van der Waals surface area contributed by atoms with Crippen molar-refractivity contribution in [1.29, 1.82) is 0 Å². The van der Waals surface area contributed by atoms with E-state index >= 15 is 0 Å². The molecule has 0 fully saturated rings. The molecule has 0 aromatic heterocycles. The van der Waals surface area contributed by atoms with E-state index in [4.69, 9.17) is 22.2 Å². The Morgan fingerprint density at radius 3 is 2.56 bits per heavy atom. The Bertz CT molecular complexity index is 996. The van der Waals surface area contributed by atoms with Crippen LogP contribution in [-0.4, -0.2) is 27.8 Å². The summed E-state index contributed by atoms with van der Waals surface area (Å²) in [5, 5.41) is -0.180. The summed E-state index contributed by atoms with van der Waals surface area (Å²) in [5.41, 5.74) is 1.14. The zero-order valence-corrected chi connectivity index (χ0v) is 15.5. The normalized spacial score (nSPS) is 14.5. The summed E-state index contributed by atoms with van der Waals surface area (Å²) in [5.74, 6) is 5.48. The SMILES string of the molecule is CS(=O)(=O)N1CCOc2ccc(-c3c(Cl)cc(NN)cc3C(F)(F)F)cc21. The predicted octanol–water partition coefficient (Wildman–Crippen LogP) is 3.47. The fourth-order valence-electron chi connectivity index (χ4n) is 2.90. The number of benzene rings is 2. The van der Waals surface area contributed by atoms with Gasteiger partial charge in [-0.15, -0.1) is 0 Å². The maximum absolute atomic E-state index is 13.6. The van der Waals surface area contributed by atoms with Crippen LogP contribution in [0.3, 0.4) is 0 Å². The summed E-state index contributed by atoms with van der Waals surface area (Å²) >= 11 is 6.10. The molecule has 0 saturated carbocycles. The zero-order valence-electron chi connectivity index (χ0n) is 14.0. The monoisotopic (exact) mass is 421 g/mol. The lowest BCUT2D eigenvalue weighted by molar-refractivity contribution is -0.137. The van der Waals surface area contributed by atoms with Gasteiger partial charge in [0.25, 0.3) is 0 Å². The van der Waals surface area contributed by atoms with Gasteiger partial charge in [0.2, 0.25) is 10.0 Å². The van der Waals surface area contributed by atoms with E-state index < -0.39 is 21.8 Å². The smallest absolute Gasteiger partial charge is 0.417 e. The molecule has 2 aromatic rings. The summed E-state index contributed by atoms with van der Waals surface area (Å²) in [4.78, 5) is 0. The summed E-state index contributed by atoms with van der Waals surface area (Å²) in [6, 6.07) is 6.24. The van der Waals surface area contributed by atoms with Crippen molar-refractivity contribution in [2.75, 3.05) is 29.1 Å². The van der Waals surface area contributed by atoms with Crippen molar-refractivity contribution >= 4 is 33.0 Å². The molecule has 0 unspecified atom stereocenters. The summed E-state index contributed by atoms with van der Waals surface area (Å²) in [7, 11) is -3.63. The molecule has 0 radical (unpaired) electrons. The van der Waals surface area contributed by atoms with E-state index in [1.165, 1.54) is 24.3 Å². The number of ether oxygens (including phenoxy) is 1. The van der Waals surface area contributed by atoms with Gasteiger partial charge in [0.15, 0.2) is 0 Å². The number of halogens is 4. The predicted molar refractivity (Wildman–Crippen MR) is 97.4 cm³/mol. The van der Waals surface area contributed by atoms with Gasteiger partial charge in [0.05, 0.1) is 34.8 Å². The van der Waals surface area contributed by atoms with E-state index in [9.17, 15) is 21.6 Å². The van der Waals surface area contributed by atoms with Crippen LogP contribution in [0.25, 0.3) is 11.1 Å². The van der Waals surface area contributed by atoms with Crippen molar-refractivity contribution in [2.45, 2.75) is 6.18 Å². The molecule has 3 rings (SSSR count). The maximum Gasteiger partial charge on any atom is 0.417 e. The van der Waals surface area contributed by atoms with Crippen LogP contribution in [0.2, 0.25) is 5.02 Å². The van der Waals surface area contributed by atoms with E-state index in [1.54, 1.807) is 0 Å². The molecule has 0 aliphatic carbocycles. The molecule has 0 spiro atoms. The van der Waals surface area contributed by atoms with Crippen molar-refractivity contribution in [3.05, 3.63) is 40.9 Å². The maximum atomic E-state index is 13.6. The van der Waals surface area contributed by atoms with Crippen molar-refractivity contribution in [2.24, 2.45) is 5.84 Å². The third-order valence-electron chi connectivity index (χ3n) is 4.03. The lowest BCUT2D eigenvalue weighted by Crippen LogP contribution is -2.37. The fourth-order valence-corrected chi connectivity index (χ4v) is 4.13. The largest absolute Gasteiger partial charge is 0.489 e. The molecule has 146 valence electrons. The number of anilines is 2. The Morgan fingerprint density at radius 2 is 1.96 bits per heavy atom. The molecule has 6 nitrogen and oxygen atoms in total. The van der Waals surface area contributed by atoms with E-state index in [0.717, 1.165) is 16.6 Å². The number of hydrogen-bond acceptors (Lipinski definition) is 5. The molecular formula is C16H15ClF3N3O3S. The number of nitrogens with zero attached hydrogens (tertiary/aromatic N) is 1. The molecule has 0 atom stereocenters. The van der Waals surface area contributed by atoms with Gasteiger partial charge in [0, 0.05) is 5.56 Å². The van der Waals surface area contributed by atoms with Crippen LogP contribution in [0.5, 0.6) is 5.75 Å². The van der Waals surface area contributed by atoms with E-state index in [2.05, 4.69) is 5.43 Å². The Morgan fingerprint density at radius 1 is 1.26 bits per heavy atom. The highest BCUT2D eigenvalue weighted by molar-refractivity contribution is 7.92. The van der Waals surface area contributed by atoms with E-state index in [1.807, 2.05) is 0 Å². The number of hydrazine groups is 1. The van der Waals surface area contributed by atoms with E-state index in [0.29, 0.717) is 0 Å². The first-order chi connectivity index (χ1) is 12.5. The topological polar surface area (TPSA) is 84.7 Å². The van der Waals surface area contributed by atoms with Gasteiger partial charge in [-0.25, -0.2) is 8.42 Å². The molecule has 11 heteroatoms. The Kier molecular flexibility index (Phi) is 4.91. The van der Waals surface area contributed by atoms with Gasteiger partial charge < -0.3 is 10.2 Å². The van der Waals surface area contributed by atoms with Crippen molar-refractivity contribution < 1.29 is 26.3 Å². The summed E-state index contributed by atoms with van der Waals surface area (Å²) in [6.45, 7) is 0.204. The van der Waals surface area contributed by atoms with Crippen LogP contribution in [0.4, 0.5) is 24.5 Å². The number of alkyl halides is 3. The zero-order chi connectivity index (χ0) is 20.0. The van der Waals surface area contributed by atoms with Gasteiger partial charge in [-0.05, 0) is 29.8 Å². The Hall–Kier alpha value is -2.17. The standard InChI is InChI=1S/C16H15ClF3N3O3S/c1-27(24,25)23-4-5-26-14-3-2-9(6-13(14)23)15-11(16(18,19)20)7-10(22-21)8-12(15)17/h2-3,6-8,22H,4-5,21H2,1H3. The molecule has 2 aromatic carbocycles. The van der Waals surface area contributed by atoms with Gasteiger partial charge in [-0.1, -0.05) is 17.7 Å². The van der Waals surface area contributed by atoms with Gasteiger partial charge >= 0.3 is 6.18 Å². The number of nitrogens with two attached hydrogens (primary N) is 1. The highest BCUT2D eigenvalue weighted by atomic mass is 35.5. The second-order valence-corrected chi connectivity index (χ2v) is 8.20. The minimum absolute atomic E-state index is 0.00451. The minimum atomic E-state index is -4.70. The molecule has 0 bridgehead atoms. The number of nitrogen functional groups attached to an aromatic ring is 1. The number of fused-ring (bicyclic) bond motifs is 1. The Balaban J connectivity index is 2.24. The van der Waals surface area contributed by atoms with Crippen LogP contribution >= 0.6 is 11.6 Å². The van der Waals surface area contributed by atoms with Gasteiger partial charge in [-0.2, -0.15) is 13.2 Å². The molecule has 3 N–H and O–H groups in total. The summed E-state index contributed by atoms with van der Waals surface area (Å²) in [6.07, 6.45) is -3.68. The van der Waals surface area contributed by atoms with Crippen LogP contribution in [0, 0.1) is 0 Å². The van der Waals surface area contributed by atoms with Crippen molar-refractivity contribution in [1.82, 2.24) is 0 Å². The van der Waals surface area contributed by atoms with Crippen molar-refractivity contribution in [3.8, 4) is 16.9 Å². The van der Waals surface area contributed by atoms with Gasteiger partial charge in [0.1, 0.15) is 12.4 Å². The average molecular weight is 422 g/mol. The number of hydrogen-bond donors (Lipinski definition) is 2.